The summed E-state index contributed by atoms with van der Waals surface area (Å²) in [6, 6.07) is 12.2. The predicted octanol–water partition coefficient (Wildman–Crippen LogP) is 5.11. The van der Waals surface area contributed by atoms with E-state index in [1.54, 1.807) is 30.3 Å². The molecule has 0 unspecified atom stereocenters. The van der Waals surface area contributed by atoms with Gasteiger partial charge in [0.25, 0.3) is 5.91 Å². The molecule has 0 aliphatic heterocycles. The maximum absolute atomic E-state index is 12.9. The van der Waals surface area contributed by atoms with Crippen molar-refractivity contribution in [2.75, 3.05) is 17.7 Å². The SMILES string of the molecule is COc1cc(-n2cccc2)c(Cl)cc1C(=O)Nc1cc(Br)ccc1NC(C)=O. The van der Waals surface area contributed by atoms with E-state index in [9.17, 15) is 9.59 Å². The number of halogens is 2. The monoisotopic (exact) mass is 461 g/mol. The van der Waals surface area contributed by atoms with Crippen molar-refractivity contribution in [2.24, 2.45) is 0 Å². The van der Waals surface area contributed by atoms with Crippen LogP contribution in [0, 0.1) is 0 Å². The number of amides is 2. The fourth-order valence-corrected chi connectivity index (χ4v) is 3.31. The molecule has 3 aromatic rings. The van der Waals surface area contributed by atoms with Crippen molar-refractivity contribution in [1.82, 2.24) is 4.57 Å². The van der Waals surface area contributed by atoms with Gasteiger partial charge in [0.2, 0.25) is 5.91 Å². The van der Waals surface area contributed by atoms with Crippen molar-refractivity contribution < 1.29 is 14.3 Å². The van der Waals surface area contributed by atoms with Gasteiger partial charge >= 0.3 is 0 Å². The molecule has 3 rings (SSSR count). The number of nitrogens with one attached hydrogen (secondary N) is 2. The topological polar surface area (TPSA) is 72.4 Å². The molecule has 0 aliphatic carbocycles. The molecule has 1 aromatic heterocycles. The molecule has 0 aliphatic rings. The Morgan fingerprint density at radius 1 is 1.07 bits per heavy atom. The van der Waals surface area contributed by atoms with Gasteiger partial charge in [0, 0.05) is 29.9 Å². The number of hydrogen-bond acceptors (Lipinski definition) is 3. The Hall–Kier alpha value is -2.77. The number of aromatic nitrogens is 1. The zero-order valence-corrected chi connectivity index (χ0v) is 17.5. The Balaban J connectivity index is 1.96. The number of nitrogens with zero attached hydrogens (tertiary/aromatic N) is 1. The Bertz CT molecular complexity index is 1040. The molecule has 2 amide bonds. The van der Waals surface area contributed by atoms with Gasteiger partial charge in [-0.3, -0.25) is 9.59 Å². The summed E-state index contributed by atoms with van der Waals surface area (Å²) in [4.78, 5) is 24.3. The first-order valence-corrected chi connectivity index (χ1v) is 9.45. The summed E-state index contributed by atoms with van der Waals surface area (Å²) in [6.07, 6.45) is 3.70. The smallest absolute Gasteiger partial charge is 0.259 e. The quantitative estimate of drug-likeness (QED) is 0.553. The fraction of sp³-hybridized carbons (Fsp3) is 0.100. The summed E-state index contributed by atoms with van der Waals surface area (Å²) in [5.41, 5.74) is 1.90. The number of rotatable bonds is 5. The van der Waals surface area contributed by atoms with Crippen LogP contribution in [0.5, 0.6) is 5.75 Å². The first-order valence-electron chi connectivity index (χ1n) is 8.28. The molecule has 0 radical (unpaired) electrons. The summed E-state index contributed by atoms with van der Waals surface area (Å²) in [6.45, 7) is 1.40. The lowest BCUT2D eigenvalue weighted by Gasteiger charge is -2.15. The average molecular weight is 463 g/mol. The Morgan fingerprint density at radius 3 is 2.43 bits per heavy atom. The Labute approximate surface area is 175 Å². The summed E-state index contributed by atoms with van der Waals surface area (Å²) in [7, 11) is 1.49. The molecule has 0 fully saturated rings. The highest BCUT2D eigenvalue weighted by Gasteiger charge is 2.18. The molecule has 2 aromatic carbocycles. The zero-order valence-electron chi connectivity index (χ0n) is 15.1. The van der Waals surface area contributed by atoms with E-state index in [4.69, 9.17) is 16.3 Å². The molecule has 28 heavy (non-hydrogen) atoms. The lowest BCUT2D eigenvalue weighted by atomic mass is 10.1. The van der Waals surface area contributed by atoms with Crippen molar-refractivity contribution in [3.8, 4) is 11.4 Å². The molecule has 8 heteroatoms. The standard InChI is InChI=1S/C20H17BrClN3O3/c1-12(26)23-16-6-5-13(21)9-17(16)24-20(27)14-10-15(22)18(11-19(14)28-2)25-7-3-4-8-25/h3-11H,1-2H3,(H,23,26)(H,24,27). The van der Waals surface area contributed by atoms with Gasteiger partial charge in [-0.05, 0) is 36.4 Å². The molecular weight excluding hydrogens is 446 g/mol. The van der Waals surface area contributed by atoms with Crippen LogP contribution in [-0.2, 0) is 4.79 Å². The van der Waals surface area contributed by atoms with Crippen LogP contribution in [0.2, 0.25) is 5.02 Å². The highest BCUT2D eigenvalue weighted by Crippen LogP contribution is 2.32. The fourth-order valence-electron chi connectivity index (χ4n) is 2.69. The molecule has 0 spiro atoms. The first kappa shape index (κ1) is 20.0. The van der Waals surface area contributed by atoms with Crippen LogP contribution in [-0.4, -0.2) is 23.5 Å². The minimum Gasteiger partial charge on any atom is -0.496 e. The largest absolute Gasteiger partial charge is 0.496 e. The van der Waals surface area contributed by atoms with E-state index < -0.39 is 5.91 Å². The number of anilines is 2. The number of carbonyl (C=O) groups excluding carboxylic acids is 2. The van der Waals surface area contributed by atoms with Gasteiger partial charge in [-0.1, -0.05) is 27.5 Å². The van der Waals surface area contributed by atoms with Gasteiger partial charge in [0.15, 0.2) is 0 Å². The second kappa shape index (κ2) is 8.50. The summed E-state index contributed by atoms with van der Waals surface area (Å²) >= 11 is 9.77. The molecule has 0 bridgehead atoms. The maximum atomic E-state index is 12.9. The van der Waals surface area contributed by atoms with E-state index in [-0.39, 0.29) is 11.5 Å². The zero-order chi connectivity index (χ0) is 20.3. The molecule has 0 saturated carbocycles. The number of carbonyl (C=O) groups is 2. The van der Waals surface area contributed by atoms with Crippen LogP contribution in [0.1, 0.15) is 17.3 Å². The number of hydrogen-bond donors (Lipinski definition) is 2. The normalized spacial score (nSPS) is 10.4. The highest BCUT2D eigenvalue weighted by atomic mass is 79.9. The molecule has 0 atom stereocenters. The molecule has 144 valence electrons. The lowest BCUT2D eigenvalue weighted by Crippen LogP contribution is -2.16. The highest BCUT2D eigenvalue weighted by molar-refractivity contribution is 9.10. The van der Waals surface area contributed by atoms with Gasteiger partial charge in [0.1, 0.15) is 5.75 Å². The van der Waals surface area contributed by atoms with E-state index in [2.05, 4.69) is 26.6 Å². The van der Waals surface area contributed by atoms with Crippen molar-refractivity contribution in [3.05, 3.63) is 69.9 Å². The minimum atomic E-state index is -0.414. The third kappa shape index (κ3) is 4.37. The maximum Gasteiger partial charge on any atom is 0.259 e. The second-order valence-electron chi connectivity index (χ2n) is 5.92. The third-order valence-corrected chi connectivity index (χ3v) is 4.73. The second-order valence-corrected chi connectivity index (χ2v) is 7.24. The van der Waals surface area contributed by atoms with Crippen molar-refractivity contribution in [3.63, 3.8) is 0 Å². The van der Waals surface area contributed by atoms with E-state index >= 15 is 0 Å². The molecule has 1 heterocycles. The van der Waals surface area contributed by atoms with Crippen LogP contribution >= 0.6 is 27.5 Å². The Kier molecular flexibility index (Phi) is 6.06. The lowest BCUT2D eigenvalue weighted by molar-refractivity contribution is -0.114. The summed E-state index contributed by atoms with van der Waals surface area (Å²) < 4.78 is 7.99. The summed E-state index contributed by atoms with van der Waals surface area (Å²) in [5, 5.41) is 5.89. The molecule has 2 N–H and O–H groups in total. The predicted molar refractivity (Wildman–Crippen MR) is 114 cm³/mol. The van der Waals surface area contributed by atoms with Gasteiger partial charge in [-0.2, -0.15) is 0 Å². The minimum absolute atomic E-state index is 0.241. The van der Waals surface area contributed by atoms with Crippen molar-refractivity contribution >= 4 is 50.7 Å². The van der Waals surface area contributed by atoms with E-state index in [0.717, 1.165) is 4.47 Å². The van der Waals surface area contributed by atoms with Crippen LogP contribution in [0.4, 0.5) is 11.4 Å². The van der Waals surface area contributed by atoms with Crippen molar-refractivity contribution in [1.29, 1.82) is 0 Å². The van der Waals surface area contributed by atoms with Gasteiger partial charge < -0.3 is 19.9 Å². The summed E-state index contributed by atoms with van der Waals surface area (Å²) in [5.74, 6) is -0.279. The van der Waals surface area contributed by atoms with Crippen LogP contribution < -0.4 is 15.4 Å². The average Bonchev–Trinajstić information content (AvgIpc) is 3.17. The van der Waals surface area contributed by atoms with Gasteiger partial charge in [-0.25, -0.2) is 0 Å². The first-order chi connectivity index (χ1) is 13.4. The molecule has 0 saturated heterocycles. The van der Waals surface area contributed by atoms with Gasteiger partial charge in [0.05, 0.1) is 34.8 Å². The number of methoxy groups -OCH3 is 1. The third-order valence-electron chi connectivity index (χ3n) is 3.94. The number of benzene rings is 2. The number of ether oxygens (including phenoxy) is 1. The molecular formula is C20H17BrClN3O3. The van der Waals surface area contributed by atoms with E-state index in [0.29, 0.717) is 27.8 Å². The van der Waals surface area contributed by atoms with Crippen LogP contribution in [0.15, 0.2) is 59.3 Å². The van der Waals surface area contributed by atoms with E-state index in [1.165, 1.54) is 14.0 Å². The van der Waals surface area contributed by atoms with E-state index in [1.807, 2.05) is 29.1 Å². The van der Waals surface area contributed by atoms with Crippen LogP contribution in [0.25, 0.3) is 5.69 Å². The van der Waals surface area contributed by atoms with Crippen molar-refractivity contribution in [2.45, 2.75) is 6.92 Å². The molecule has 6 nitrogen and oxygen atoms in total. The van der Waals surface area contributed by atoms with Gasteiger partial charge in [-0.15, -0.1) is 0 Å². The Morgan fingerprint density at radius 2 is 1.79 bits per heavy atom. The van der Waals surface area contributed by atoms with Crippen LogP contribution in [0.3, 0.4) is 0 Å².